The highest BCUT2D eigenvalue weighted by Crippen LogP contribution is 2.29. The lowest BCUT2D eigenvalue weighted by atomic mass is 10.2. The average molecular weight is 428 g/mol. The summed E-state index contributed by atoms with van der Waals surface area (Å²) < 4.78 is 39.4. The first-order chi connectivity index (χ1) is 13.7. The molecule has 0 N–H and O–H groups in total. The summed E-state index contributed by atoms with van der Waals surface area (Å²) in [7, 11) is -1.63. The van der Waals surface area contributed by atoms with Crippen molar-refractivity contribution < 1.29 is 32.2 Å². The van der Waals surface area contributed by atoms with Crippen LogP contribution in [-0.2, 0) is 19.4 Å². The fourth-order valence-electron chi connectivity index (χ4n) is 3.12. The SMILES string of the molecule is CCN(C(=O)COC(=O)c1ccc(OCC(C)C)c(OC)c1)[C@H]1CCS(=O)(=O)C1. The molecule has 8 nitrogen and oxygen atoms in total. The minimum atomic E-state index is -3.11. The molecule has 0 unspecified atom stereocenters. The topological polar surface area (TPSA) is 99.2 Å². The van der Waals surface area contributed by atoms with Crippen molar-refractivity contribution in [2.75, 3.05) is 38.4 Å². The quantitative estimate of drug-likeness (QED) is 0.555. The molecule has 1 aromatic carbocycles. The van der Waals surface area contributed by atoms with Crippen LogP contribution < -0.4 is 9.47 Å². The van der Waals surface area contributed by atoms with Gasteiger partial charge in [-0.1, -0.05) is 13.8 Å². The van der Waals surface area contributed by atoms with E-state index in [9.17, 15) is 18.0 Å². The lowest BCUT2D eigenvalue weighted by molar-refractivity contribution is -0.136. The van der Waals surface area contributed by atoms with Crippen LogP contribution in [0.4, 0.5) is 0 Å². The number of sulfone groups is 1. The largest absolute Gasteiger partial charge is 0.493 e. The van der Waals surface area contributed by atoms with Crippen molar-refractivity contribution in [2.45, 2.75) is 33.2 Å². The minimum absolute atomic E-state index is 0.0461. The Kier molecular flexibility index (Phi) is 7.89. The number of nitrogens with zero attached hydrogens (tertiary/aromatic N) is 1. The fourth-order valence-corrected chi connectivity index (χ4v) is 4.85. The molecule has 0 aliphatic carbocycles. The number of carbonyl (C=O) groups is 2. The van der Waals surface area contributed by atoms with Gasteiger partial charge in [-0.05, 0) is 37.5 Å². The van der Waals surface area contributed by atoms with E-state index >= 15 is 0 Å². The summed E-state index contributed by atoms with van der Waals surface area (Å²) in [6, 6.07) is 4.31. The van der Waals surface area contributed by atoms with Gasteiger partial charge in [0.05, 0.1) is 30.8 Å². The van der Waals surface area contributed by atoms with E-state index in [4.69, 9.17) is 14.2 Å². The Morgan fingerprint density at radius 1 is 1.24 bits per heavy atom. The van der Waals surface area contributed by atoms with E-state index in [1.165, 1.54) is 18.1 Å². The molecular formula is C20H29NO7S. The van der Waals surface area contributed by atoms with Crippen molar-refractivity contribution in [3.63, 3.8) is 0 Å². The Bertz CT molecular complexity index is 835. The van der Waals surface area contributed by atoms with Crippen molar-refractivity contribution in [1.82, 2.24) is 4.90 Å². The lowest BCUT2D eigenvalue weighted by Crippen LogP contribution is -2.43. The smallest absolute Gasteiger partial charge is 0.338 e. The Balaban J connectivity index is 1.98. The molecule has 1 aromatic rings. The molecule has 2 rings (SSSR count). The number of carbonyl (C=O) groups excluding carboxylic acids is 2. The first-order valence-electron chi connectivity index (χ1n) is 9.64. The summed E-state index contributed by atoms with van der Waals surface area (Å²) >= 11 is 0. The molecule has 1 aliphatic heterocycles. The molecule has 0 aromatic heterocycles. The van der Waals surface area contributed by atoms with E-state index in [1.807, 2.05) is 13.8 Å². The summed E-state index contributed by atoms with van der Waals surface area (Å²) in [5, 5.41) is 0. The zero-order chi connectivity index (χ0) is 21.6. The number of methoxy groups -OCH3 is 1. The van der Waals surface area contributed by atoms with Crippen molar-refractivity contribution in [3.8, 4) is 11.5 Å². The third kappa shape index (κ3) is 6.35. The van der Waals surface area contributed by atoms with Gasteiger partial charge in [0, 0.05) is 12.6 Å². The normalized spacial score (nSPS) is 17.8. The van der Waals surface area contributed by atoms with Gasteiger partial charge < -0.3 is 19.1 Å². The first kappa shape index (κ1) is 23.0. The highest BCUT2D eigenvalue weighted by Gasteiger charge is 2.34. The summed E-state index contributed by atoms with van der Waals surface area (Å²) in [6.45, 7) is 6.23. The van der Waals surface area contributed by atoms with Crippen LogP contribution in [-0.4, -0.2) is 69.6 Å². The zero-order valence-corrected chi connectivity index (χ0v) is 18.2. The molecule has 0 spiro atoms. The van der Waals surface area contributed by atoms with Crippen molar-refractivity contribution in [1.29, 1.82) is 0 Å². The van der Waals surface area contributed by atoms with Crippen molar-refractivity contribution >= 4 is 21.7 Å². The van der Waals surface area contributed by atoms with Crippen molar-refractivity contribution in [2.24, 2.45) is 5.92 Å². The molecular weight excluding hydrogens is 398 g/mol. The van der Waals surface area contributed by atoms with Crippen LogP contribution in [0.1, 0.15) is 37.6 Å². The van der Waals surface area contributed by atoms with Gasteiger partial charge in [-0.2, -0.15) is 0 Å². The third-order valence-electron chi connectivity index (χ3n) is 4.61. The highest BCUT2D eigenvalue weighted by molar-refractivity contribution is 7.91. The third-order valence-corrected chi connectivity index (χ3v) is 6.36. The average Bonchev–Trinajstić information content (AvgIpc) is 3.04. The summed E-state index contributed by atoms with van der Waals surface area (Å²) in [4.78, 5) is 26.2. The van der Waals surface area contributed by atoms with Crippen LogP contribution in [0.5, 0.6) is 11.5 Å². The van der Waals surface area contributed by atoms with E-state index in [1.54, 1.807) is 19.1 Å². The van der Waals surface area contributed by atoms with Gasteiger partial charge in [0.25, 0.3) is 5.91 Å². The Labute approximate surface area is 172 Å². The molecule has 162 valence electrons. The minimum Gasteiger partial charge on any atom is -0.493 e. The van der Waals surface area contributed by atoms with Crippen LogP contribution >= 0.6 is 0 Å². The lowest BCUT2D eigenvalue weighted by Gasteiger charge is -2.26. The maximum Gasteiger partial charge on any atom is 0.338 e. The number of hydrogen-bond acceptors (Lipinski definition) is 7. The van der Waals surface area contributed by atoms with E-state index in [2.05, 4.69) is 0 Å². The zero-order valence-electron chi connectivity index (χ0n) is 17.3. The summed E-state index contributed by atoms with van der Waals surface area (Å²) in [5.74, 6) is 0.217. The maximum atomic E-state index is 12.4. The molecule has 9 heteroatoms. The summed E-state index contributed by atoms with van der Waals surface area (Å²) in [5.41, 5.74) is 0.234. The second kappa shape index (κ2) is 9.96. The number of benzene rings is 1. The second-order valence-corrected chi connectivity index (χ2v) is 9.61. The number of ether oxygens (including phenoxy) is 3. The van der Waals surface area contributed by atoms with Gasteiger partial charge in [-0.3, -0.25) is 4.79 Å². The predicted octanol–water partition coefficient (Wildman–Crippen LogP) is 1.92. The van der Waals surface area contributed by atoms with Gasteiger partial charge >= 0.3 is 5.97 Å². The standard InChI is InChI=1S/C20H29NO7S/c1-5-21(16-8-9-29(24,25)13-16)19(22)12-28-20(23)15-6-7-17(18(10-15)26-4)27-11-14(2)3/h6-7,10,14,16H,5,8-9,11-13H2,1-4H3/t16-/m0/s1. The number of amides is 1. The van der Waals surface area contributed by atoms with Gasteiger partial charge in [-0.15, -0.1) is 0 Å². The molecule has 0 saturated carbocycles. The van der Waals surface area contributed by atoms with Gasteiger partial charge in [-0.25, -0.2) is 13.2 Å². The molecule has 0 radical (unpaired) electrons. The fraction of sp³-hybridized carbons (Fsp3) is 0.600. The monoisotopic (exact) mass is 427 g/mol. The van der Waals surface area contributed by atoms with E-state index in [0.717, 1.165) is 0 Å². The molecule has 1 aliphatic rings. The maximum absolute atomic E-state index is 12.4. The Morgan fingerprint density at radius 3 is 2.52 bits per heavy atom. The molecule has 29 heavy (non-hydrogen) atoms. The van der Waals surface area contributed by atoms with E-state index < -0.39 is 28.3 Å². The molecule has 1 amide bonds. The number of hydrogen-bond donors (Lipinski definition) is 0. The van der Waals surface area contributed by atoms with E-state index in [-0.39, 0.29) is 23.1 Å². The molecule has 1 saturated heterocycles. The molecule has 1 fully saturated rings. The summed E-state index contributed by atoms with van der Waals surface area (Å²) in [6.07, 6.45) is 0.408. The van der Waals surface area contributed by atoms with Crippen LogP contribution in [0.15, 0.2) is 18.2 Å². The van der Waals surface area contributed by atoms with Gasteiger partial charge in [0.1, 0.15) is 0 Å². The van der Waals surface area contributed by atoms with Gasteiger partial charge in [0.15, 0.2) is 27.9 Å². The number of esters is 1. The van der Waals surface area contributed by atoms with Gasteiger partial charge in [0.2, 0.25) is 0 Å². The van der Waals surface area contributed by atoms with Crippen LogP contribution in [0.25, 0.3) is 0 Å². The van der Waals surface area contributed by atoms with Crippen molar-refractivity contribution in [3.05, 3.63) is 23.8 Å². The number of likely N-dealkylation sites (N-methyl/N-ethyl adjacent to an activating group) is 1. The molecule has 1 atom stereocenters. The molecule has 1 heterocycles. The first-order valence-corrected chi connectivity index (χ1v) is 11.5. The van der Waals surface area contributed by atoms with Crippen LogP contribution in [0.2, 0.25) is 0 Å². The second-order valence-electron chi connectivity index (χ2n) is 7.38. The highest BCUT2D eigenvalue weighted by atomic mass is 32.2. The van der Waals surface area contributed by atoms with Crippen LogP contribution in [0.3, 0.4) is 0 Å². The van der Waals surface area contributed by atoms with Crippen LogP contribution in [0, 0.1) is 5.92 Å². The Hall–Kier alpha value is -2.29. The molecule has 0 bridgehead atoms. The van der Waals surface area contributed by atoms with E-state index in [0.29, 0.717) is 37.0 Å². The predicted molar refractivity (Wildman–Crippen MR) is 108 cm³/mol. The Morgan fingerprint density at radius 2 is 1.97 bits per heavy atom. The number of rotatable bonds is 9.